The maximum absolute atomic E-state index is 13.7. The summed E-state index contributed by atoms with van der Waals surface area (Å²) >= 11 is 0. The lowest BCUT2D eigenvalue weighted by Gasteiger charge is -2.28. The molecule has 27 heteroatoms. The summed E-state index contributed by atoms with van der Waals surface area (Å²) in [7, 11) is -10.4. The van der Waals surface area contributed by atoms with Gasteiger partial charge in [0, 0.05) is 6.42 Å². The number of aliphatic hydroxyl groups is 1. The Labute approximate surface area is 346 Å². The summed E-state index contributed by atoms with van der Waals surface area (Å²) in [5.41, 5.74) is 9.53. The molecule has 0 bridgehead atoms. The van der Waals surface area contributed by atoms with Gasteiger partial charge in [0.15, 0.2) is 40.9 Å². The summed E-state index contributed by atoms with van der Waals surface area (Å²) in [6, 6.07) is 0. The van der Waals surface area contributed by atoms with Crippen LogP contribution in [0, 0.1) is 0 Å². The molecule has 0 aliphatic carbocycles. The van der Waals surface area contributed by atoms with Crippen molar-refractivity contribution in [3.05, 3.63) is 33.4 Å². The summed E-state index contributed by atoms with van der Waals surface area (Å²) in [6.07, 6.45) is 0.720. The van der Waals surface area contributed by atoms with Gasteiger partial charge in [-0.3, -0.25) is 51.6 Å². The molecule has 61 heavy (non-hydrogen) atoms. The molecule has 3 saturated heterocycles. The largest absolute Gasteiger partial charge is 0.472 e. The van der Waals surface area contributed by atoms with Gasteiger partial charge in [-0.15, -0.1) is 0 Å². The fraction of sp³-hybridized carbons (Fsp3) is 0.676. The molecule has 25 nitrogen and oxygen atoms in total. The number of carbonyl (C=O) groups is 1. The minimum absolute atomic E-state index is 0.0385. The van der Waals surface area contributed by atoms with E-state index in [0.717, 1.165) is 49.3 Å². The third-order valence-electron chi connectivity index (χ3n) is 10.6. The average Bonchev–Trinajstić information content (AvgIpc) is 3.96. The van der Waals surface area contributed by atoms with Crippen molar-refractivity contribution in [2.45, 2.75) is 133 Å². The number of aromatic nitrogens is 8. The number of fused-ring (bicyclic) bond motifs is 4. The monoisotopic (exact) mass is 900 g/mol. The smallest absolute Gasteiger partial charge is 0.455 e. The van der Waals surface area contributed by atoms with Crippen LogP contribution in [0.1, 0.15) is 96.4 Å². The molecule has 10 atom stereocenters. The third kappa shape index (κ3) is 10.4. The number of hydrogen-bond donors (Lipinski definition) is 7. The highest BCUT2D eigenvalue weighted by Crippen LogP contribution is 2.54. The number of carbonyl (C=O) groups excluding carboxylic acids is 1. The number of nitrogen functional groups attached to an aromatic ring is 2. The number of nitrogens with one attached hydrogen (secondary N) is 2. The Balaban J connectivity index is 1.10. The summed E-state index contributed by atoms with van der Waals surface area (Å²) < 4.78 is 69.1. The van der Waals surface area contributed by atoms with Gasteiger partial charge < -0.3 is 40.6 Å². The van der Waals surface area contributed by atoms with E-state index in [1.54, 1.807) is 0 Å². The number of aliphatic hydroxyl groups excluding tert-OH is 1. The van der Waals surface area contributed by atoms with Crippen LogP contribution in [0.4, 0.5) is 11.9 Å². The van der Waals surface area contributed by atoms with Crippen molar-refractivity contribution in [2.24, 2.45) is 0 Å². The second-order valence-electron chi connectivity index (χ2n) is 15.1. The van der Waals surface area contributed by atoms with Gasteiger partial charge in [0.1, 0.15) is 30.5 Å². The predicted molar refractivity (Wildman–Crippen MR) is 211 cm³/mol. The number of phosphoric ester groups is 2. The third-order valence-corrected chi connectivity index (χ3v) is 12.6. The predicted octanol–water partition coefficient (Wildman–Crippen LogP) is 2.20. The van der Waals surface area contributed by atoms with E-state index in [1.165, 1.54) is 36.7 Å². The zero-order chi connectivity index (χ0) is 43.5. The number of esters is 1. The normalized spacial score (nSPS) is 30.8. The lowest BCUT2D eigenvalue weighted by molar-refractivity contribution is -0.158. The Bertz CT molecular complexity index is 2390. The van der Waals surface area contributed by atoms with Gasteiger partial charge in [-0.05, 0) is 6.42 Å². The van der Waals surface area contributed by atoms with Gasteiger partial charge in [0.2, 0.25) is 11.9 Å². The minimum Gasteiger partial charge on any atom is -0.455 e. The van der Waals surface area contributed by atoms with Gasteiger partial charge in [0.05, 0.1) is 25.9 Å². The van der Waals surface area contributed by atoms with Crippen molar-refractivity contribution in [1.82, 2.24) is 39.0 Å². The highest BCUT2D eigenvalue weighted by atomic mass is 31.2. The Kier molecular flexibility index (Phi) is 14.1. The second-order valence-corrected chi connectivity index (χ2v) is 17.9. The zero-order valence-electron chi connectivity index (χ0n) is 33.1. The first-order chi connectivity index (χ1) is 29.1. The quantitative estimate of drug-likeness (QED) is 0.0511. The van der Waals surface area contributed by atoms with Crippen molar-refractivity contribution in [3.8, 4) is 0 Å². The molecule has 7 rings (SSSR count). The summed E-state index contributed by atoms with van der Waals surface area (Å²) in [4.78, 5) is 81.4. The number of phosphoric acid groups is 2. The van der Waals surface area contributed by atoms with Crippen molar-refractivity contribution in [2.75, 3.05) is 24.7 Å². The standard InChI is InChI=1S/C34H50N10O15P2/c1-2-3-4-5-6-7-8-9-10-11-12-13-20(45)57-26-25-19(56-32(26)44-17-38-22-28(44)40-34(36)42-30(22)48)15-54-60(49,50)58-24-18(14-53-61(51,52)59-25)55-31(23(24)46)43-16-37-21-27(43)39-33(35)41-29(21)47/h16-19,23-26,31-32,46H,2-15H2,1H3,(H,49,50)(H,51,52)(H3,35,39,41,47)(H3,36,40,42,48)/t18?,19-,23?,24-,25-,26?,31?,32?/m0/s1. The highest BCUT2D eigenvalue weighted by molar-refractivity contribution is 7.47. The van der Waals surface area contributed by atoms with Crippen LogP contribution in [0.5, 0.6) is 0 Å². The molecule has 0 amide bonds. The van der Waals surface area contributed by atoms with Crippen LogP contribution in [0.3, 0.4) is 0 Å². The van der Waals surface area contributed by atoms with E-state index in [4.69, 9.17) is 43.8 Å². The molecule has 0 radical (unpaired) electrons. The number of ether oxygens (including phenoxy) is 3. The summed E-state index contributed by atoms with van der Waals surface area (Å²) in [6.45, 7) is 0.404. The fourth-order valence-corrected chi connectivity index (χ4v) is 9.56. The van der Waals surface area contributed by atoms with Crippen LogP contribution in [-0.2, 0) is 46.2 Å². The molecule has 336 valence electrons. The number of rotatable bonds is 15. The number of anilines is 2. The first-order valence-electron chi connectivity index (χ1n) is 20.1. The maximum Gasteiger partial charge on any atom is 0.472 e. The lowest BCUT2D eigenvalue weighted by atomic mass is 10.1. The van der Waals surface area contributed by atoms with Crippen LogP contribution in [-0.4, -0.2) is 110 Å². The molecule has 7 unspecified atom stereocenters. The number of nitrogens with two attached hydrogens (primary N) is 2. The molecule has 9 N–H and O–H groups in total. The zero-order valence-corrected chi connectivity index (χ0v) is 34.9. The van der Waals surface area contributed by atoms with Gasteiger partial charge in [0.25, 0.3) is 11.1 Å². The molecule has 0 spiro atoms. The van der Waals surface area contributed by atoms with Crippen LogP contribution in [0.2, 0.25) is 0 Å². The van der Waals surface area contributed by atoms with E-state index >= 15 is 0 Å². The fourth-order valence-electron chi connectivity index (χ4n) is 7.64. The Morgan fingerprint density at radius 2 is 1.23 bits per heavy atom. The Hall–Kier alpha value is -4.13. The SMILES string of the molecule is CCCCCCCCCCCCCC(=O)OC1C(n2cnc3c(=O)[nH]c(N)nc32)O[C@H]2COP(=O)(O)O[C@H]3C(COP(=O)(O)O[C@H]12)OC(n1cnc2c(=O)[nH]c(N)nc21)C3O. The van der Waals surface area contributed by atoms with E-state index < -0.39 is 95.0 Å². The van der Waals surface area contributed by atoms with E-state index in [1.807, 2.05) is 0 Å². The lowest BCUT2D eigenvalue weighted by Crippen LogP contribution is -2.40. The summed E-state index contributed by atoms with van der Waals surface area (Å²) in [5, 5.41) is 11.3. The molecule has 3 fully saturated rings. The topological polar surface area (TPSA) is 356 Å². The van der Waals surface area contributed by atoms with Gasteiger partial charge in [-0.2, -0.15) is 9.97 Å². The van der Waals surface area contributed by atoms with Crippen molar-refractivity contribution in [1.29, 1.82) is 0 Å². The van der Waals surface area contributed by atoms with Crippen LogP contribution in [0.15, 0.2) is 22.2 Å². The number of H-pyrrole nitrogens is 2. The van der Waals surface area contributed by atoms with Gasteiger partial charge in [-0.25, -0.2) is 19.1 Å². The molecule has 0 saturated carbocycles. The number of imidazole rings is 2. The van der Waals surface area contributed by atoms with Gasteiger partial charge in [-0.1, -0.05) is 71.1 Å². The van der Waals surface area contributed by atoms with E-state index in [-0.39, 0.29) is 40.6 Å². The number of nitrogens with zero attached hydrogens (tertiary/aromatic N) is 6. The Morgan fingerprint density at radius 1 is 0.770 bits per heavy atom. The van der Waals surface area contributed by atoms with Crippen LogP contribution < -0.4 is 22.6 Å². The molecular formula is C34H50N10O15P2. The van der Waals surface area contributed by atoms with Crippen LogP contribution in [0.25, 0.3) is 22.3 Å². The summed E-state index contributed by atoms with van der Waals surface area (Å²) in [5.74, 6) is -1.29. The van der Waals surface area contributed by atoms with Gasteiger partial charge >= 0.3 is 21.6 Å². The molecular weight excluding hydrogens is 850 g/mol. The molecule has 7 heterocycles. The average molecular weight is 901 g/mol. The molecule has 4 aromatic rings. The first kappa shape index (κ1) is 44.9. The van der Waals surface area contributed by atoms with Crippen molar-refractivity contribution < 1.29 is 61.1 Å². The van der Waals surface area contributed by atoms with Crippen LogP contribution >= 0.6 is 15.6 Å². The number of hydrogen-bond acceptors (Lipinski definition) is 19. The molecule has 3 aliphatic heterocycles. The van der Waals surface area contributed by atoms with Crippen molar-refractivity contribution >= 4 is 55.8 Å². The first-order valence-corrected chi connectivity index (χ1v) is 23.1. The highest BCUT2D eigenvalue weighted by Gasteiger charge is 2.55. The number of unbranched alkanes of at least 4 members (excludes halogenated alkanes) is 10. The minimum atomic E-state index is -5.22. The van der Waals surface area contributed by atoms with E-state index in [0.29, 0.717) is 6.42 Å². The van der Waals surface area contributed by atoms with E-state index in [9.17, 15) is 38.4 Å². The second kappa shape index (κ2) is 19.1. The molecule has 0 aromatic carbocycles. The molecule has 4 aromatic heterocycles. The molecule has 3 aliphatic rings. The van der Waals surface area contributed by atoms with Crippen molar-refractivity contribution in [3.63, 3.8) is 0 Å². The Morgan fingerprint density at radius 3 is 1.77 bits per heavy atom. The van der Waals surface area contributed by atoms with E-state index in [2.05, 4.69) is 36.8 Å². The number of aromatic amines is 2. The maximum atomic E-state index is 13.7.